The first-order valence-electron chi connectivity index (χ1n) is 7.41. The molecule has 112 valence electrons. The molecule has 0 spiro atoms. The minimum Gasteiger partial charge on any atom is -0.491 e. The maximum atomic E-state index is 5.71. The van der Waals surface area contributed by atoms with Gasteiger partial charge in [0.25, 0.3) is 0 Å². The molecule has 1 aromatic carbocycles. The van der Waals surface area contributed by atoms with Gasteiger partial charge >= 0.3 is 0 Å². The Bertz CT molecular complexity index is 397. The second-order valence-corrected chi connectivity index (χ2v) is 5.14. The van der Waals surface area contributed by atoms with Gasteiger partial charge in [-0.2, -0.15) is 0 Å². The summed E-state index contributed by atoms with van der Waals surface area (Å²) in [6.07, 6.45) is 3.61. The standard InChI is InChI=1S/C16H25NO3/c1-3-15-11-14(7-8-19-15)17-13-5-4-6-16(12-13)20-10-9-18-2/h4-6,12,14-15,17H,3,7-11H2,1-2H3. The predicted octanol–water partition coefficient (Wildman–Crippen LogP) is 3.08. The van der Waals surface area contributed by atoms with Crippen molar-refractivity contribution in [3.05, 3.63) is 24.3 Å². The molecule has 2 rings (SSSR count). The van der Waals surface area contributed by atoms with Gasteiger partial charge in [0.05, 0.1) is 12.7 Å². The summed E-state index contributed by atoms with van der Waals surface area (Å²) in [6, 6.07) is 8.61. The highest BCUT2D eigenvalue weighted by atomic mass is 16.5. The number of hydrogen-bond acceptors (Lipinski definition) is 4. The second kappa shape index (κ2) is 8.12. The first kappa shape index (κ1) is 15.1. The zero-order valence-electron chi connectivity index (χ0n) is 12.4. The van der Waals surface area contributed by atoms with Crippen molar-refractivity contribution in [1.29, 1.82) is 0 Å². The Balaban J connectivity index is 1.87. The fourth-order valence-electron chi connectivity index (χ4n) is 2.45. The topological polar surface area (TPSA) is 39.7 Å². The highest BCUT2D eigenvalue weighted by Gasteiger charge is 2.21. The zero-order chi connectivity index (χ0) is 14.2. The molecule has 20 heavy (non-hydrogen) atoms. The summed E-state index contributed by atoms with van der Waals surface area (Å²) in [4.78, 5) is 0. The van der Waals surface area contributed by atoms with E-state index in [1.165, 1.54) is 0 Å². The molecule has 2 atom stereocenters. The molecule has 1 saturated heterocycles. The highest BCUT2D eigenvalue weighted by Crippen LogP contribution is 2.23. The summed E-state index contributed by atoms with van der Waals surface area (Å²) in [5, 5.41) is 3.58. The average molecular weight is 279 g/mol. The maximum absolute atomic E-state index is 5.71. The quantitative estimate of drug-likeness (QED) is 0.779. The SMILES string of the molecule is CCC1CC(Nc2cccc(OCCOC)c2)CCO1. The molecule has 0 aromatic heterocycles. The first-order chi connectivity index (χ1) is 9.81. The van der Waals surface area contributed by atoms with Crippen LogP contribution in [0.3, 0.4) is 0 Å². The highest BCUT2D eigenvalue weighted by molar-refractivity contribution is 5.48. The third kappa shape index (κ3) is 4.69. The van der Waals surface area contributed by atoms with E-state index in [9.17, 15) is 0 Å². The molecule has 1 fully saturated rings. The van der Waals surface area contributed by atoms with E-state index >= 15 is 0 Å². The summed E-state index contributed by atoms with van der Waals surface area (Å²) >= 11 is 0. The molecule has 0 saturated carbocycles. The maximum Gasteiger partial charge on any atom is 0.121 e. The molecule has 0 radical (unpaired) electrons. The van der Waals surface area contributed by atoms with Crippen molar-refractivity contribution in [2.75, 3.05) is 32.2 Å². The van der Waals surface area contributed by atoms with Crippen molar-refractivity contribution in [1.82, 2.24) is 0 Å². The van der Waals surface area contributed by atoms with Crippen LogP contribution in [-0.2, 0) is 9.47 Å². The molecule has 0 aliphatic carbocycles. The summed E-state index contributed by atoms with van der Waals surface area (Å²) in [5.41, 5.74) is 1.11. The lowest BCUT2D eigenvalue weighted by atomic mass is 10.0. The van der Waals surface area contributed by atoms with Gasteiger partial charge in [-0.15, -0.1) is 0 Å². The van der Waals surface area contributed by atoms with Crippen LogP contribution in [0.1, 0.15) is 26.2 Å². The van der Waals surface area contributed by atoms with Gasteiger partial charge in [-0.1, -0.05) is 13.0 Å². The molecule has 4 nitrogen and oxygen atoms in total. The van der Waals surface area contributed by atoms with Crippen LogP contribution < -0.4 is 10.1 Å². The number of benzene rings is 1. The Morgan fingerprint density at radius 2 is 2.25 bits per heavy atom. The van der Waals surface area contributed by atoms with Gasteiger partial charge in [-0.25, -0.2) is 0 Å². The third-order valence-electron chi connectivity index (χ3n) is 3.58. The van der Waals surface area contributed by atoms with Gasteiger partial charge in [0.15, 0.2) is 0 Å². The normalized spacial score (nSPS) is 22.5. The van der Waals surface area contributed by atoms with E-state index in [0.717, 1.165) is 37.3 Å². The molecule has 1 aliphatic heterocycles. The summed E-state index contributed by atoms with van der Waals surface area (Å²) in [6.45, 7) is 4.21. The Labute approximate surface area is 121 Å². The van der Waals surface area contributed by atoms with E-state index in [1.54, 1.807) is 7.11 Å². The number of methoxy groups -OCH3 is 1. The minimum absolute atomic E-state index is 0.391. The summed E-state index contributed by atoms with van der Waals surface area (Å²) in [5.74, 6) is 0.881. The van der Waals surface area contributed by atoms with Crippen LogP contribution in [0.2, 0.25) is 0 Å². The Kier molecular flexibility index (Phi) is 6.15. The van der Waals surface area contributed by atoms with Crippen LogP contribution in [-0.4, -0.2) is 39.1 Å². The van der Waals surface area contributed by atoms with Crippen LogP contribution in [0.5, 0.6) is 5.75 Å². The smallest absolute Gasteiger partial charge is 0.121 e. The molecule has 4 heteroatoms. The summed E-state index contributed by atoms with van der Waals surface area (Å²) < 4.78 is 16.3. The first-order valence-corrected chi connectivity index (χ1v) is 7.41. The molecule has 1 heterocycles. The fourth-order valence-corrected chi connectivity index (χ4v) is 2.45. The van der Waals surface area contributed by atoms with Crippen molar-refractivity contribution >= 4 is 5.69 Å². The van der Waals surface area contributed by atoms with Gasteiger partial charge in [-0.05, 0) is 31.4 Å². The molecular weight excluding hydrogens is 254 g/mol. The van der Waals surface area contributed by atoms with Crippen molar-refractivity contribution in [2.24, 2.45) is 0 Å². The van der Waals surface area contributed by atoms with E-state index in [2.05, 4.69) is 18.3 Å². The van der Waals surface area contributed by atoms with Crippen LogP contribution in [0.25, 0.3) is 0 Å². The van der Waals surface area contributed by atoms with Gasteiger partial charge < -0.3 is 19.5 Å². The van der Waals surface area contributed by atoms with Gasteiger partial charge in [0.2, 0.25) is 0 Å². The molecule has 0 bridgehead atoms. The number of ether oxygens (including phenoxy) is 3. The molecule has 1 aromatic rings. The van der Waals surface area contributed by atoms with Crippen LogP contribution in [0.4, 0.5) is 5.69 Å². The van der Waals surface area contributed by atoms with Crippen LogP contribution in [0, 0.1) is 0 Å². The molecule has 2 unspecified atom stereocenters. The van der Waals surface area contributed by atoms with Crippen molar-refractivity contribution in [3.63, 3.8) is 0 Å². The van der Waals surface area contributed by atoms with E-state index in [1.807, 2.05) is 18.2 Å². The van der Waals surface area contributed by atoms with E-state index < -0.39 is 0 Å². The van der Waals surface area contributed by atoms with Gasteiger partial charge in [-0.3, -0.25) is 0 Å². The lowest BCUT2D eigenvalue weighted by molar-refractivity contribution is 0.00925. The zero-order valence-corrected chi connectivity index (χ0v) is 12.4. The molecular formula is C16H25NO3. The number of rotatable bonds is 7. The third-order valence-corrected chi connectivity index (χ3v) is 3.58. The minimum atomic E-state index is 0.391. The lowest BCUT2D eigenvalue weighted by Crippen LogP contribution is -2.33. The van der Waals surface area contributed by atoms with Crippen molar-refractivity contribution in [2.45, 2.75) is 38.3 Å². The van der Waals surface area contributed by atoms with Crippen molar-refractivity contribution in [3.8, 4) is 5.75 Å². The van der Waals surface area contributed by atoms with E-state index in [4.69, 9.17) is 14.2 Å². The fraction of sp³-hybridized carbons (Fsp3) is 0.625. The molecule has 1 N–H and O–H groups in total. The van der Waals surface area contributed by atoms with Crippen LogP contribution in [0.15, 0.2) is 24.3 Å². The average Bonchev–Trinajstić information content (AvgIpc) is 2.48. The Hall–Kier alpha value is -1.26. The molecule has 1 aliphatic rings. The predicted molar refractivity (Wildman–Crippen MR) is 80.5 cm³/mol. The lowest BCUT2D eigenvalue weighted by Gasteiger charge is -2.30. The monoisotopic (exact) mass is 279 g/mol. The number of anilines is 1. The molecule has 0 amide bonds. The van der Waals surface area contributed by atoms with Gasteiger partial charge in [0.1, 0.15) is 12.4 Å². The largest absolute Gasteiger partial charge is 0.491 e. The van der Waals surface area contributed by atoms with Gasteiger partial charge in [0, 0.05) is 31.5 Å². The number of hydrogen-bond donors (Lipinski definition) is 1. The number of nitrogens with one attached hydrogen (secondary N) is 1. The van der Waals surface area contributed by atoms with E-state index in [0.29, 0.717) is 25.4 Å². The van der Waals surface area contributed by atoms with Crippen LogP contribution >= 0.6 is 0 Å². The Morgan fingerprint density at radius 3 is 3.05 bits per heavy atom. The Morgan fingerprint density at radius 1 is 1.35 bits per heavy atom. The van der Waals surface area contributed by atoms with Crippen molar-refractivity contribution < 1.29 is 14.2 Å². The summed E-state index contributed by atoms with van der Waals surface area (Å²) in [7, 11) is 1.68. The van der Waals surface area contributed by atoms with E-state index in [-0.39, 0.29) is 0 Å². The second-order valence-electron chi connectivity index (χ2n) is 5.14.